The Labute approximate surface area is 166 Å². The maximum absolute atomic E-state index is 12.9. The molecule has 0 saturated carbocycles. The largest absolute Gasteiger partial charge is 0.334 e. The molecule has 0 radical (unpaired) electrons. The van der Waals surface area contributed by atoms with Gasteiger partial charge >= 0.3 is 0 Å². The molecule has 4 rings (SSSR count). The Morgan fingerprint density at radius 2 is 1.93 bits per heavy atom. The van der Waals surface area contributed by atoms with E-state index >= 15 is 0 Å². The van der Waals surface area contributed by atoms with Crippen LogP contribution in [0.25, 0.3) is 0 Å². The van der Waals surface area contributed by atoms with Crippen molar-refractivity contribution >= 4 is 5.91 Å². The first-order chi connectivity index (χ1) is 13.7. The Kier molecular flexibility index (Phi) is 5.47. The van der Waals surface area contributed by atoms with Crippen LogP contribution in [0.3, 0.4) is 0 Å². The van der Waals surface area contributed by atoms with E-state index in [0.717, 1.165) is 42.8 Å². The van der Waals surface area contributed by atoms with Crippen molar-refractivity contribution in [3.8, 4) is 0 Å². The molecule has 1 aliphatic rings. The predicted octanol–water partition coefficient (Wildman–Crippen LogP) is 4.28. The summed E-state index contributed by atoms with van der Waals surface area (Å²) in [6.07, 6.45) is 6.70. The zero-order valence-electron chi connectivity index (χ0n) is 16.2. The van der Waals surface area contributed by atoms with Gasteiger partial charge in [0, 0.05) is 31.1 Å². The van der Waals surface area contributed by atoms with Crippen LogP contribution in [0.4, 0.5) is 0 Å². The average molecular weight is 371 g/mol. The Hall–Kier alpha value is -3.01. The Bertz CT molecular complexity index is 938. The second-order valence-electron chi connectivity index (χ2n) is 7.50. The summed E-state index contributed by atoms with van der Waals surface area (Å²) in [5, 5.41) is 0. The zero-order chi connectivity index (χ0) is 19.3. The molecule has 142 valence electrons. The van der Waals surface area contributed by atoms with Gasteiger partial charge in [-0.15, -0.1) is 0 Å². The van der Waals surface area contributed by atoms with Crippen LogP contribution < -0.4 is 0 Å². The van der Waals surface area contributed by atoms with Crippen LogP contribution in [-0.2, 0) is 17.6 Å². The SMILES string of the molecule is Cc1ccc(Cc2cccc([C@@H]3CCCN3C(=O)Cc3cccnc3)n2)cc1. The van der Waals surface area contributed by atoms with Gasteiger partial charge in [0.05, 0.1) is 18.2 Å². The lowest BCUT2D eigenvalue weighted by Gasteiger charge is -2.25. The molecule has 3 heterocycles. The molecule has 1 atom stereocenters. The van der Waals surface area contributed by atoms with Gasteiger partial charge < -0.3 is 4.90 Å². The lowest BCUT2D eigenvalue weighted by molar-refractivity contribution is -0.131. The van der Waals surface area contributed by atoms with E-state index in [2.05, 4.69) is 54.4 Å². The first-order valence-electron chi connectivity index (χ1n) is 9.89. The summed E-state index contributed by atoms with van der Waals surface area (Å²) in [5.74, 6) is 0.154. The third-order valence-corrected chi connectivity index (χ3v) is 5.33. The molecule has 0 spiro atoms. The predicted molar refractivity (Wildman–Crippen MR) is 110 cm³/mol. The standard InChI is InChI=1S/C24H25N3O/c1-18-9-11-19(12-10-18)15-21-6-2-7-22(26-21)23-8-4-14-27(23)24(28)16-20-5-3-13-25-17-20/h2-3,5-7,9-13,17,23H,4,8,14-16H2,1H3/t23-/m0/s1. The van der Waals surface area contributed by atoms with Gasteiger partial charge in [-0.1, -0.05) is 42.0 Å². The number of aromatic nitrogens is 2. The van der Waals surface area contributed by atoms with Crippen molar-refractivity contribution in [2.24, 2.45) is 0 Å². The van der Waals surface area contributed by atoms with Crippen molar-refractivity contribution in [3.63, 3.8) is 0 Å². The summed E-state index contributed by atoms with van der Waals surface area (Å²) < 4.78 is 0. The van der Waals surface area contributed by atoms with Gasteiger partial charge in [-0.3, -0.25) is 14.8 Å². The fraction of sp³-hybridized carbons (Fsp3) is 0.292. The zero-order valence-corrected chi connectivity index (χ0v) is 16.2. The van der Waals surface area contributed by atoms with E-state index in [1.807, 2.05) is 17.0 Å². The van der Waals surface area contributed by atoms with Crippen molar-refractivity contribution in [3.05, 3.63) is 95.1 Å². The van der Waals surface area contributed by atoms with Gasteiger partial charge in [0.2, 0.25) is 5.91 Å². The van der Waals surface area contributed by atoms with Crippen LogP contribution in [0.1, 0.15) is 47.0 Å². The summed E-state index contributed by atoms with van der Waals surface area (Å²) in [7, 11) is 0. The quantitative estimate of drug-likeness (QED) is 0.672. The minimum atomic E-state index is 0.0714. The molecule has 4 heteroatoms. The number of carbonyl (C=O) groups is 1. The Morgan fingerprint density at radius 3 is 2.71 bits per heavy atom. The normalized spacial score (nSPS) is 16.3. The van der Waals surface area contributed by atoms with E-state index in [-0.39, 0.29) is 11.9 Å². The number of carbonyl (C=O) groups excluding carboxylic acids is 1. The van der Waals surface area contributed by atoms with E-state index in [4.69, 9.17) is 4.98 Å². The van der Waals surface area contributed by atoms with Gasteiger partial charge in [0.15, 0.2) is 0 Å². The van der Waals surface area contributed by atoms with E-state index in [9.17, 15) is 4.79 Å². The summed E-state index contributed by atoms with van der Waals surface area (Å²) in [6.45, 7) is 2.90. The molecule has 0 unspecified atom stereocenters. The van der Waals surface area contributed by atoms with Crippen LogP contribution >= 0.6 is 0 Å². The molecule has 0 aliphatic carbocycles. The van der Waals surface area contributed by atoms with Crippen molar-refractivity contribution in [2.45, 2.75) is 38.6 Å². The molecule has 1 aliphatic heterocycles. The Morgan fingerprint density at radius 1 is 1.07 bits per heavy atom. The fourth-order valence-electron chi connectivity index (χ4n) is 3.85. The average Bonchev–Trinajstić information content (AvgIpc) is 3.21. The number of hydrogen-bond acceptors (Lipinski definition) is 3. The maximum atomic E-state index is 12.9. The number of amides is 1. The number of likely N-dealkylation sites (tertiary alicyclic amines) is 1. The molecule has 0 N–H and O–H groups in total. The molecule has 2 aromatic heterocycles. The molecule has 28 heavy (non-hydrogen) atoms. The third kappa shape index (κ3) is 4.28. The van der Waals surface area contributed by atoms with Crippen LogP contribution in [0.5, 0.6) is 0 Å². The number of benzene rings is 1. The van der Waals surface area contributed by atoms with Gasteiger partial charge in [0.25, 0.3) is 0 Å². The second-order valence-corrected chi connectivity index (χ2v) is 7.50. The molecule has 4 nitrogen and oxygen atoms in total. The van der Waals surface area contributed by atoms with E-state index < -0.39 is 0 Å². The van der Waals surface area contributed by atoms with Crippen LogP contribution in [0, 0.1) is 6.92 Å². The summed E-state index contributed by atoms with van der Waals surface area (Å²) in [5.41, 5.74) is 5.53. The summed E-state index contributed by atoms with van der Waals surface area (Å²) >= 11 is 0. The monoisotopic (exact) mass is 371 g/mol. The lowest BCUT2D eigenvalue weighted by atomic mass is 10.1. The van der Waals surface area contributed by atoms with Gasteiger partial charge in [0.1, 0.15) is 0 Å². The molecule has 1 saturated heterocycles. The molecule has 1 amide bonds. The van der Waals surface area contributed by atoms with E-state index in [0.29, 0.717) is 6.42 Å². The number of nitrogens with zero attached hydrogens (tertiary/aromatic N) is 3. The smallest absolute Gasteiger partial charge is 0.227 e. The van der Waals surface area contributed by atoms with Gasteiger partial charge in [-0.05, 0) is 49.1 Å². The minimum absolute atomic E-state index is 0.0714. The van der Waals surface area contributed by atoms with Gasteiger partial charge in [-0.2, -0.15) is 0 Å². The first kappa shape index (κ1) is 18.4. The van der Waals surface area contributed by atoms with Crippen LogP contribution in [-0.4, -0.2) is 27.3 Å². The highest BCUT2D eigenvalue weighted by Gasteiger charge is 2.30. The van der Waals surface area contributed by atoms with Crippen molar-refractivity contribution in [2.75, 3.05) is 6.54 Å². The minimum Gasteiger partial charge on any atom is -0.334 e. The number of pyridine rings is 2. The van der Waals surface area contributed by atoms with Crippen molar-refractivity contribution < 1.29 is 4.79 Å². The molecule has 3 aromatic rings. The number of aryl methyl sites for hydroxylation is 1. The summed E-state index contributed by atoms with van der Waals surface area (Å²) in [4.78, 5) is 23.9. The maximum Gasteiger partial charge on any atom is 0.227 e. The fourth-order valence-corrected chi connectivity index (χ4v) is 3.85. The molecular weight excluding hydrogens is 346 g/mol. The second kappa shape index (κ2) is 8.34. The lowest BCUT2D eigenvalue weighted by Crippen LogP contribution is -2.32. The van der Waals surface area contributed by atoms with Gasteiger partial charge in [-0.25, -0.2) is 0 Å². The highest BCUT2D eigenvalue weighted by atomic mass is 16.2. The molecule has 0 bridgehead atoms. The van der Waals surface area contributed by atoms with E-state index in [1.165, 1.54) is 11.1 Å². The van der Waals surface area contributed by atoms with Crippen LogP contribution in [0.15, 0.2) is 67.0 Å². The molecule has 1 aromatic carbocycles. The summed E-state index contributed by atoms with van der Waals surface area (Å²) in [6, 6.07) is 18.7. The molecule has 1 fully saturated rings. The Balaban J connectivity index is 1.49. The topological polar surface area (TPSA) is 46.1 Å². The van der Waals surface area contributed by atoms with E-state index in [1.54, 1.807) is 12.4 Å². The highest BCUT2D eigenvalue weighted by molar-refractivity contribution is 5.79. The van der Waals surface area contributed by atoms with Crippen molar-refractivity contribution in [1.29, 1.82) is 0 Å². The highest BCUT2D eigenvalue weighted by Crippen LogP contribution is 2.31. The van der Waals surface area contributed by atoms with Crippen molar-refractivity contribution in [1.82, 2.24) is 14.9 Å². The third-order valence-electron chi connectivity index (χ3n) is 5.33. The van der Waals surface area contributed by atoms with Crippen LogP contribution in [0.2, 0.25) is 0 Å². The molecular formula is C24H25N3O. The first-order valence-corrected chi connectivity index (χ1v) is 9.89. The number of hydrogen-bond donors (Lipinski definition) is 0. The number of rotatable bonds is 5.